The number of hydrogen-bond donors (Lipinski definition) is 2. The fourth-order valence-corrected chi connectivity index (χ4v) is 4.22. The minimum absolute atomic E-state index is 0.00292. The zero-order chi connectivity index (χ0) is 14.2. The lowest BCUT2D eigenvalue weighted by Gasteiger charge is -2.60. The largest absolute Gasteiger partial charge is 0.396 e. The van der Waals surface area contributed by atoms with Gasteiger partial charge in [0.2, 0.25) is 0 Å². The van der Waals surface area contributed by atoms with Gasteiger partial charge in [0.15, 0.2) is 5.96 Å². The standard InChI is InChI=1S/C15H27N3O2/c1-12-7-18(5-6-20-12)13(16)17-10-15(11-19)8-14(9-15)3-2-4-14/h12,19H,2-11H2,1H3,(H2,16,17). The Labute approximate surface area is 121 Å². The van der Waals surface area contributed by atoms with Gasteiger partial charge in [0.1, 0.15) is 0 Å². The minimum Gasteiger partial charge on any atom is -0.396 e. The van der Waals surface area contributed by atoms with Crippen molar-refractivity contribution in [3.8, 4) is 0 Å². The van der Waals surface area contributed by atoms with E-state index in [1.807, 2.05) is 0 Å². The summed E-state index contributed by atoms with van der Waals surface area (Å²) in [6.07, 6.45) is 6.52. The molecule has 0 aromatic rings. The molecule has 1 atom stereocenters. The maximum absolute atomic E-state index is 9.71. The van der Waals surface area contributed by atoms with Gasteiger partial charge in [0, 0.05) is 18.5 Å². The summed E-state index contributed by atoms with van der Waals surface area (Å²) in [7, 11) is 0. The third-order valence-corrected chi connectivity index (χ3v) is 5.39. The van der Waals surface area contributed by atoms with Crippen molar-refractivity contribution in [3.05, 3.63) is 0 Å². The average Bonchev–Trinajstić information content (AvgIpc) is 2.36. The zero-order valence-corrected chi connectivity index (χ0v) is 12.5. The van der Waals surface area contributed by atoms with Crippen molar-refractivity contribution in [2.24, 2.45) is 21.6 Å². The van der Waals surface area contributed by atoms with Gasteiger partial charge in [-0.3, -0.25) is 4.99 Å². The van der Waals surface area contributed by atoms with Crippen molar-refractivity contribution in [1.29, 1.82) is 0 Å². The van der Waals surface area contributed by atoms with Crippen molar-refractivity contribution < 1.29 is 9.84 Å². The highest BCUT2D eigenvalue weighted by Gasteiger charge is 2.56. The van der Waals surface area contributed by atoms with Crippen molar-refractivity contribution in [2.45, 2.75) is 45.1 Å². The Balaban J connectivity index is 1.55. The molecule has 3 rings (SSSR count). The lowest BCUT2D eigenvalue weighted by molar-refractivity contribution is -0.115. The molecule has 1 heterocycles. The zero-order valence-electron chi connectivity index (χ0n) is 12.5. The number of nitrogens with two attached hydrogens (primary N) is 1. The van der Waals surface area contributed by atoms with Gasteiger partial charge in [-0.1, -0.05) is 6.42 Å². The molecule has 0 amide bonds. The molecule has 1 spiro atoms. The number of hydrogen-bond acceptors (Lipinski definition) is 3. The van der Waals surface area contributed by atoms with Crippen LogP contribution in [0.25, 0.3) is 0 Å². The normalized spacial score (nSPS) is 31.8. The van der Waals surface area contributed by atoms with Crippen molar-refractivity contribution >= 4 is 5.96 Å². The van der Waals surface area contributed by atoms with E-state index in [1.54, 1.807) is 0 Å². The molecule has 1 unspecified atom stereocenters. The fraction of sp³-hybridized carbons (Fsp3) is 0.933. The van der Waals surface area contributed by atoms with Crippen molar-refractivity contribution in [3.63, 3.8) is 0 Å². The van der Waals surface area contributed by atoms with E-state index in [2.05, 4.69) is 16.8 Å². The number of ether oxygens (including phenoxy) is 1. The van der Waals surface area contributed by atoms with E-state index in [9.17, 15) is 5.11 Å². The number of aliphatic hydroxyl groups is 1. The van der Waals surface area contributed by atoms with Crippen molar-refractivity contribution in [2.75, 3.05) is 32.8 Å². The second kappa shape index (κ2) is 5.19. The van der Waals surface area contributed by atoms with Crippen LogP contribution in [-0.4, -0.2) is 54.9 Å². The summed E-state index contributed by atoms with van der Waals surface area (Å²) < 4.78 is 5.51. The van der Waals surface area contributed by atoms with Crippen LogP contribution in [0.2, 0.25) is 0 Å². The molecule has 3 fully saturated rings. The summed E-state index contributed by atoms with van der Waals surface area (Å²) >= 11 is 0. The molecule has 3 aliphatic rings. The maximum atomic E-state index is 9.71. The summed E-state index contributed by atoms with van der Waals surface area (Å²) in [6.45, 7) is 5.31. The van der Waals surface area contributed by atoms with E-state index in [4.69, 9.17) is 10.5 Å². The summed E-state index contributed by atoms with van der Waals surface area (Å²) in [5, 5.41) is 9.71. The minimum atomic E-state index is 0.00292. The van der Waals surface area contributed by atoms with Crippen LogP contribution in [0.15, 0.2) is 4.99 Å². The number of aliphatic hydroxyl groups excluding tert-OH is 1. The Kier molecular flexibility index (Phi) is 3.67. The molecular weight excluding hydrogens is 254 g/mol. The van der Waals surface area contributed by atoms with Crippen LogP contribution >= 0.6 is 0 Å². The molecule has 3 N–H and O–H groups in total. The molecule has 1 saturated heterocycles. The van der Waals surface area contributed by atoms with Crippen molar-refractivity contribution in [1.82, 2.24) is 4.90 Å². The van der Waals surface area contributed by atoms with Gasteiger partial charge < -0.3 is 20.5 Å². The van der Waals surface area contributed by atoms with Crippen LogP contribution in [-0.2, 0) is 4.74 Å². The first-order valence-electron chi connectivity index (χ1n) is 7.84. The third-order valence-electron chi connectivity index (χ3n) is 5.39. The van der Waals surface area contributed by atoms with Gasteiger partial charge in [-0.2, -0.15) is 0 Å². The first-order valence-corrected chi connectivity index (χ1v) is 7.84. The quantitative estimate of drug-likeness (QED) is 0.597. The highest BCUT2D eigenvalue weighted by Crippen LogP contribution is 2.64. The van der Waals surface area contributed by atoms with Crippen LogP contribution in [0.4, 0.5) is 0 Å². The Morgan fingerprint density at radius 1 is 1.45 bits per heavy atom. The first-order chi connectivity index (χ1) is 9.56. The number of rotatable bonds is 3. The van der Waals surface area contributed by atoms with Gasteiger partial charge >= 0.3 is 0 Å². The number of morpholine rings is 1. The van der Waals surface area contributed by atoms with E-state index in [-0.39, 0.29) is 18.1 Å². The molecule has 2 saturated carbocycles. The summed E-state index contributed by atoms with van der Waals surface area (Å²) in [5.41, 5.74) is 6.66. The van der Waals surface area contributed by atoms with E-state index in [1.165, 1.54) is 19.3 Å². The molecule has 0 aromatic carbocycles. The molecule has 114 valence electrons. The van der Waals surface area contributed by atoms with Crippen LogP contribution in [0.1, 0.15) is 39.0 Å². The SMILES string of the molecule is CC1CN(C(N)=NCC2(CO)CC3(CCC3)C2)CCO1. The second-order valence-electron chi connectivity index (χ2n) is 7.17. The van der Waals surface area contributed by atoms with Gasteiger partial charge in [-0.05, 0) is 38.0 Å². The molecule has 2 aliphatic carbocycles. The number of aliphatic imine (C=N–C) groups is 1. The van der Waals surface area contributed by atoms with Gasteiger partial charge in [-0.25, -0.2) is 0 Å². The van der Waals surface area contributed by atoms with Crippen LogP contribution in [0.5, 0.6) is 0 Å². The number of nitrogens with zero attached hydrogens (tertiary/aromatic N) is 2. The lowest BCUT2D eigenvalue weighted by Crippen LogP contribution is -2.54. The Morgan fingerprint density at radius 2 is 2.20 bits per heavy atom. The molecule has 0 radical (unpaired) electrons. The average molecular weight is 281 g/mol. The monoisotopic (exact) mass is 281 g/mol. The van der Waals surface area contributed by atoms with Crippen LogP contribution < -0.4 is 5.73 Å². The fourth-order valence-electron chi connectivity index (χ4n) is 4.22. The lowest BCUT2D eigenvalue weighted by atomic mass is 9.45. The Bertz CT molecular complexity index is 385. The predicted molar refractivity (Wildman–Crippen MR) is 78.5 cm³/mol. The molecule has 20 heavy (non-hydrogen) atoms. The number of guanidine groups is 1. The maximum Gasteiger partial charge on any atom is 0.191 e. The predicted octanol–water partition coefficient (Wildman–Crippen LogP) is 0.965. The first kappa shape index (κ1) is 14.1. The van der Waals surface area contributed by atoms with E-state index >= 15 is 0 Å². The molecule has 0 aromatic heterocycles. The van der Waals surface area contributed by atoms with E-state index in [0.29, 0.717) is 24.5 Å². The highest BCUT2D eigenvalue weighted by atomic mass is 16.5. The van der Waals surface area contributed by atoms with E-state index in [0.717, 1.165) is 25.9 Å². The highest BCUT2D eigenvalue weighted by molar-refractivity contribution is 5.78. The van der Waals surface area contributed by atoms with Crippen LogP contribution in [0, 0.1) is 10.8 Å². The van der Waals surface area contributed by atoms with E-state index < -0.39 is 0 Å². The Hall–Kier alpha value is -0.810. The molecule has 5 heteroatoms. The second-order valence-corrected chi connectivity index (χ2v) is 7.17. The molecular formula is C15H27N3O2. The summed E-state index contributed by atoms with van der Waals surface area (Å²) in [4.78, 5) is 6.67. The van der Waals surface area contributed by atoms with Gasteiger partial charge in [-0.15, -0.1) is 0 Å². The summed E-state index contributed by atoms with van der Waals surface area (Å²) in [5.74, 6) is 0.613. The summed E-state index contributed by atoms with van der Waals surface area (Å²) in [6, 6.07) is 0. The third kappa shape index (κ3) is 2.53. The smallest absolute Gasteiger partial charge is 0.191 e. The van der Waals surface area contributed by atoms with Gasteiger partial charge in [0.05, 0.1) is 25.9 Å². The molecule has 1 aliphatic heterocycles. The Morgan fingerprint density at radius 3 is 2.75 bits per heavy atom. The van der Waals surface area contributed by atoms with Crippen LogP contribution in [0.3, 0.4) is 0 Å². The molecule has 5 nitrogen and oxygen atoms in total. The topological polar surface area (TPSA) is 71.1 Å². The molecule has 0 bridgehead atoms. The van der Waals surface area contributed by atoms with Gasteiger partial charge in [0.25, 0.3) is 0 Å².